The summed E-state index contributed by atoms with van der Waals surface area (Å²) in [6.07, 6.45) is 1.49. The molecule has 0 aromatic heterocycles. The molecule has 76 valence electrons. The smallest absolute Gasteiger partial charge is 0.118 e. The van der Waals surface area contributed by atoms with Crippen molar-refractivity contribution >= 4 is 15.9 Å². The maximum absolute atomic E-state index is 13.9. The minimum absolute atomic E-state index is 0.0622. The number of halogens is 2. The lowest BCUT2D eigenvalue weighted by Crippen LogP contribution is -2.49. The predicted octanol–water partition coefficient (Wildman–Crippen LogP) is 2.82. The van der Waals surface area contributed by atoms with E-state index in [0.717, 1.165) is 10.0 Å². The van der Waals surface area contributed by atoms with Crippen LogP contribution in [0.1, 0.15) is 18.4 Å². The fourth-order valence-corrected chi connectivity index (χ4v) is 2.48. The lowest BCUT2D eigenvalue weighted by molar-refractivity contribution is 0.0444. The summed E-state index contributed by atoms with van der Waals surface area (Å²) in [5, 5.41) is 0. The van der Waals surface area contributed by atoms with Crippen LogP contribution in [-0.4, -0.2) is 11.7 Å². The molecular weight excluding hydrogens is 245 g/mol. The Labute approximate surface area is 91.6 Å². The molecule has 0 unspecified atom stereocenters. The van der Waals surface area contributed by atoms with Gasteiger partial charge in [0.2, 0.25) is 0 Å². The monoisotopic (exact) mass is 257 g/mol. The van der Waals surface area contributed by atoms with E-state index in [4.69, 9.17) is 5.73 Å². The third kappa shape index (κ3) is 2.15. The number of hydrogen-bond donors (Lipinski definition) is 1. The number of rotatable bonds is 2. The first-order chi connectivity index (χ1) is 6.57. The van der Waals surface area contributed by atoms with Gasteiger partial charge in [-0.3, -0.25) is 0 Å². The van der Waals surface area contributed by atoms with Crippen LogP contribution in [0.2, 0.25) is 0 Å². The van der Waals surface area contributed by atoms with Gasteiger partial charge in [-0.1, -0.05) is 28.1 Å². The summed E-state index contributed by atoms with van der Waals surface area (Å²) >= 11 is 3.37. The highest BCUT2D eigenvalue weighted by Gasteiger charge is 2.42. The fourth-order valence-electron chi connectivity index (χ4n) is 2.04. The van der Waals surface area contributed by atoms with Gasteiger partial charge in [-0.25, -0.2) is 4.39 Å². The molecular formula is C11H13BrFN. The topological polar surface area (TPSA) is 26.0 Å². The van der Waals surface area contributed by atoms with Crippen molar-refractivity contribution in [2.24, 2.45) is 5.73 Å². The summed E-state index contributed by atoms with van der Waals surface area (Å²) in [7, 11) is 0. The average molecular weight is 258 g/mol. The maximum Gasteiger partial charge on any atom is 0.118 e. The molecule has 2 N–H and O–H groups in total. The van der Waals surface area contributed by atoms with Crippen LogP contribution in [0, 0.1) is 0 Å². The summed E-state index contributed by atoms with van der Waals surface area (Å²) in [6, 6.07) is 7.86. The molecule has 0 saturated heterocycles. The zero-order valence-electron chi connectivity index (χ0n) is 7.84. The quantitative estimate of drug-likeness (QED) is 0.867. The van der Waals surface area contributed by atoms with Gasteiger partial charge in [-0.15, -0.1) is 0 Å². The lowest BCUT2D eigenvalue weighted by atomic mass is 9.74. The third-order valence-electron chi connectivity index (χ3n) is 2.67. The van der Waals surface area contributed by atoms with Crippen molar-refractivity contribution in [1.29, 1.82) is 0 Å². The predicted molar refractivity (Wildman–Crippen MR) is 58.9 cm³/mol. The Balaban J connectivity index is 2.04. The maximum atomic E-state index is 13.9. The number of hydrogen-bond acceptors (Lipinski definition) is 1. The lowest BCUT2D eigenvalue weighted by Gasteiger charge is -2.39. The summed E-state index contributed by atoms with van der Waals surface area (Å²) < 4.78 is 14.9. The average Bonchev–Trinajstić information content (AvgIpc) is 2.00. The Morgan fingerprint density at radius 1 is 1.50 bits per heavy atom. The minimum Gasteiger partial charge on any atom is -0.327 e. The van der Waals surface area contributed by atoms with Crippen LogP contribution in [0.5, 0.6) is 0 Å². The van der Waals surface area contributed by atoms with Gasteiger partial charge in [0, 0.05) is 16.9 Å². The second-order valence-corrected chi connectivity index (χ2v) is 5.04. The van der Waals surface area contributed by atoms with Gasteiger partial charge < -0.3 is 5.73 Å². The van der Waals surface area contributed by atoms with E-state index in [0.29, 0.717) is 19.3 Å². The molecule has 1 aromatic carbocycles. The Kier molecular flexibility index (Phi) is 2.62. The normalized spacial score (nSPS) is 31.2. The van der Waals surface area contributed by atoms with E-state index in [1.165, 1.54) is 0 Å². The molecule has 1 fully saturated rings. The van der Waals surface area contributed by atoms with Crippen LogP contribution in [0.25, 0.3) is 0 Å². The Hall–Kier alpha value is -0.410. The molecule has 0 heterocycles. The fraction of sp³-hybridized carbons (Fsp3) is 0.455. The molecule has 1 aromatic rings. The van der Waals surface area contributed by atoms with Gasteiger partial charge in [0.1, 0.15) is 5.67 Å². The number of nitrogens with two attached hydrogens (primary N) is 1. The largest absolute Gasteiger partial charge is 0.327 e. The second kappa shape index (κ2) is 3.63. The standard InChI is InChI=1S/C11H13BrFN/c12-9-3-1-2-8(4-9)5-11(13)6-10(14)7-11/h1-4,10H,5-7,14H2. The molecule has 1 saturated carbocycles. The molecule has 0 spiro atoms. The van der Waals surface area contributed by atoms with Crippen molar-refractivity contribution < 1.29 is 4.39 Å². The summed E-state index contributed by atoms with van der Waals surface area (Å²) in [4.78, 5) is 0. The highest BCUT2D eigenvalue weighted by atomic mass is 79.9. The Morgan fingerprint density at radius 2 is 2.21 bits per heavy atom. The van der Waals surface area contributed by atoms with Crippen LogP contribution in [0.3, 0.4) is 0 Å². The minimum atomic E-state index is -1.06. The molecule has 1 aliphatic carbocycles. The van der Waals surface area contributed by atoms with E-state index in [2.05, 4.69) is 15.9 Å². The molecule has 0 aliphatic heterocycles. The van der Waals surface area contributed by atoms with E-state index < -0.39 is 5.67 Å². The molecule has 1 nitrogen and oxygen atoms in total. The molecule has 2 rings (SSSR count). The molecule has 1 aliphatic rings. The highest BCUT2D eigenvalue weighted by Crippen LogP contribution is 2.38. The van der Waals surface area contributed by atoms with Crippen LogP contribution < -0.4 is 5.73 Å². The van der Waals surface area contributed by atoms with Crippen LogP contribution in [-0.2, 0) is 6.42 Å². The van der Waals surface area contributed by atoms with Crippen molar-refractivity contribution in [2.45, 2.75) is 31.0 Å². The van der Waals surface area contributed by atoms with Gasteiger partial charge >= 0.3 is 0 Å². The van der Waals surface area contributed by atoms with Crippen LogP contribution in [0.4, 0.5) is 4.39 Å². The Morgan fingerprint density at radius 3 is 2.79 bits per heavy atom. The van der Waals surface area contributed by atoms with Crippen molar-refractivity contribution in [2.75, 3.05) is 0 Å². The Bertz CT molecular complexity index is 334. The van der Waals surface area contributed by atoms with Crippen LogP contribution in [0.15, 0.2) is 28.7 Å². The van der Waals surface area contributed by atoms with Crippen molar-refractivity contribution in [3.8, 4) is 0 Å². The van der Waals surface area contributed by atoms with E-state index >= 15 is 0 Å². The van der Waals surface area contributed by atoms with Gasteiger partial charge in [-0.2, -0.15) is 0 Å². The van der Waals surface area contributed by atoms with Crippen molar-refractivity contribution in [3.63, 3.8) is 0 Å². The zero-order chi connectivity index (χ0) is 10.2. The van der Waals surface area contributed by atoms with Crippen molar-refractivity contribution in [3.05, 3.63) is 34.3 Å². The first kappa shape index (κ1) is 10.1. The van der Waals surface area contributed by atoms with Gasteiger partial charge in [-0.05, 0) is 30.5 Å². The first-order valence-corrected chi connectivity index (χ1v) is 5.56. The van der Waals surface area contributed by atoms with Gasteiger partial charge in [0.05, 0.1) is 0 Å². The summed E-state index contributed by atoms with van der Waals surface area (Å²) in [5.41, 5.74) is 5.57. The molecule has 0 atom stereocenters. The first-order valence-electron chi connectivity index (χ1n) is 4.76. The molecule has 0 radical (unpaired) electrons. The van der Waals surface area contributed by atoms with E-state index in [1.54, 1.807) is 0 Å². The molecule has 3 heteroatoms. The second-order valence-electron chi connectivity index (χ2n) is 4.13. The molecule has 14 heavy (non-hydrogen) atoms. The van der Waals surface area contributed by atoms with E-state index in [9.17, 15) is 4.39 Å². The van der Waals surface area contributed by atoms with Gasteiger partial charge in [0.15, 0.2) is 0 Å². The number of alkyl halides is 1. The highest BCUT2D eigenvalue weighted by molar-refractivity contribution is 9.10. The summed E-state index contributed by atoms with van der Waals surface area (Å²) in [6.45, 7) is 0. The summed E-state index contributed by atoms with van der Waals surface area (Å²) in [5.74, 6) is 0. The third-order valence-corrected chi connectivity index (χ3v) is 3.16. The number of benzene rings is 1. The zero-order valence-corrected chi connectivity index (χ0v) is 9.43. The molecule has 0 bridgehead atoms. The van der Waals surface area contributed by atoms with Crippen molar-refractivity contribution in [1.82, 2.24) is 0 Å². The van der Waals surface area contributed by atoms with Gasteiger partial charge in [0.25, 0.3) is 0 Å². The van der Waals surface area contributed by atoms with E-state index in [-0.39, 0.29) is 6.04 Å². The SMILES string of the molecule is NC1CC(F)(Cc2cccc(Br)c2)C1. The van der Waals surface area contributed by atoms with Crippen LogP contribution >= 0.6 is 15.9 Å². The van der Waals surface area contributed by atoms with E-state index in [1.807, 2.05) is 24.3 Å². The molecule has 0 amide bonds.